The lowest BCUT2D eigenvalue weighted by atomic mass is 9.89. The van der Waals surface area contributed by atoms with Crippen LogP contribution in [0.4, 0.5) is 0 Å². The maximum atomic E-state index is 12.8. The molecule has 144 valence electrons. The number of hydrogen-bond donors (Lipinski definition) is 1. The van der Waals surface area contributed by atoms with Gasteiger partial charge in [-0.3, -0.25) is 4.79 Å². The molecule has 0 aromatic heterocycles. The van der Waals surface area contributed by atoms with Crippen molar-refractivity contribution in [3.63, 3.8) is 0 Å². The SMILES string of the molecule is COc1ccccc1O[C@@H](C)C(=O)N[C@@H]1CC(C)(C)Oc2ccc(C)cc21. The zero-order valence-electron chi connectivity index (χ0n) is 16.5. The minimum Gasteiger partial charge on any atom is -0.493 e. The van der Waals surface area contributed by atoms with Gasteiger partial charge in [-0.1, -0.05) is 29.8 Å². The van der Waals surface area contributed by atoms with Crippen LogP contribution in [0.1, 0.15) is 44.4 Å². The monoisotopic (exact) mass is 369 g/mol. The molecule has 0 saturated carbocycles. The van der Waals surface area contributed by atoms with Crippen LogP contribution in [0.2, 0.25) is 0 Å². The van der Waals surface area contributed by atoms with E-state index in [4.69, 9.17) is 14.2 Å². The molecule has 2 aromatic rings. The van der Waals surface area contributed by atoms with Crippen LogP contribution in [0.25, 0.3) is 0 Å². The second kappa shape index (κ2) is 7.51. The number of fused-ring (bicyclic) bond motifs is 1. The third-order valence-corrected chi connectivity index (χ3v) is 4.68. The maximum absolute atomic E-state index is 12.8. The van der Waals surface area contributed by atoms with Gasteiger partial charge in [0.05, 0.1) is 13.2 Å². The number of hydrogen-bond acceptors (Lipinski definition) is 4. The molecule has 1 amide bonds. The van der Waals surface area contributed by atoms with Gasteiger partial charge in [0.25, 0.3) is 5.91 Å². The van der Waals surface area contributed by atoms with Gasteiger partial charge in [-0.15, -0.1) is 0 Å². The molecule has 0 aliphatic carbocycles. The second-order valence-electron chi connectivity index (χ2n) is 7.58. The average molecular weight is 369 g/mol. The quantitative estimate of drug-likeness (QED) is 0.859. The molecule has 2 atom stereocenters. The first kappa shape index (κ1) is 19.1. The number of carbonyl (C=O) groups is 1. The highest BCUT2D eigenvalue weighted by Crippen LogP contribution is 2.40. The third-order valence-electron chi connectivity index (χ3n) is 4.68. The molecule has 2 aromatic carbocycles. The zero-order chi connectivity index (χ0) is 19.6. The van der Waals surface area contributed by atoms with Gasteiger partial charge in [0.2, 0.25) is 0 Å². The van der Waals surface area contributed by atoms with Crippen molar-refractivity contribution in [3.05, 3.63) is 53.6 Å². The smallest absolute Gasteiger partial charge is 0.261 e. The Bertz CT molecular complexity index is 831. The van der Waals surface area contributed by atoms with E-state index in [-0.39, 0.29) is 17.6 Å². The molecule has 0 fully saturated rings. The molecule has 0 bridgehead atoms. The minimum absolute atomic E-state index is 0.125. The molecular formula is C22H27NO4. The van der Waals surface area contributed by atoms with E-state index in [2.05, 4.69) is 11.4 Å². The lowest BCUT2D eigenvalue weighted by Gasteiger charge is -2.38. The summed E-state index contributed by atoms with van der Waals surface area (Å²) < 4.78 is 17.2. The van der Waals surface area contributed by atoms with Crippen molar-refractivity contribution in [2.45, 2.75) is 51.9 Å². The number of carbonyl (C=O) groups excluding carboxylic acids is 1. The molecule has 1 N–H and O–H groups in total. The predicted octanol–water partition coefficient (Wildman–Crippen LogP) is 4.19. The van der Waals surface area contributed by atoms with E-state index in [1.807, 2.05) is 45.0 Å². The van der Waals surface area contributed by atoms with Crippen LogP contribution in [0.15, 0.2) is 42.5 Å². The Labute approximate surface area is 160 Å². The van der Waals surface area contributed by atoms with Crippen LogP contribution in [-0.4, -0.2) is 24.7 Å². The highest BCUT2D eigenvalue weighted by Gasteiger charge is 2.35. The summed E-state index contributed by atoms with van der Waals surface area (Å²) in [7, 11) is 1.58. The van der Waals surface area contributed by atoms with Crippen molar-refractivity contribution in [2.24, 2.45) is 0 Å². The fraction of sp³-hybridized carbons (Fsp3) is 0.409. The van der Waals surface area contributed by atoms with E-state index in [9.17, 15) is 4.79 Å². The molecule has 0 spiro atoms. The van der Waals surface area contributed by atoms with Crippen LogP contribution in [0, 0.1) is 6.92 Å². The summed E-state index contributed by atoms with van der Waals surface area (Å²) in [6, 6.07) is 13.2. The average Bonchev–Trinajstić information content (AvgIpc) is 2.62. The third kappa shape index (κ3) is 4.35. The Morgan fingerprint density at radius 3 is 2.63 bits per heavy atom. The number of rotatable bonds is 5. The van der Waals surface area contributed by atoms with Gasteiger partial charge in [0, 0.05) is 12.0 Å². The Balaban J connectivity index is 1.76. The number of para-hydroxylation sites is 2. The van der Waals surface area contributed by atoms with Crippen molar-refractivity contribution in [2.75, 3.05) is 7.11 Å². The molecule has 0 unspecified atom stereocenters. The lowest BCUT2D eigenvalue weighted by Crippen LogP contribution is -2.44. The van der Waals surface area contributed by atoms with Crippen molar-refractivity contribution in [1.82, 2.24) is 5.32 Å². The largest absolute Gasteiger partial charge is 0.493 e. The number of amides is 1. The first-order valence-electron chi connectivity index (χ1n) is 9.19. The minimum atomic E-state index is -0.652. The van der Waals surface area contributed by atoms with Crippen molar-refractivity contribution < 1.29 is 19.0 Å². The Morgan fingerprint density at radius 1 is 1.22 bits per heavy atom. The zero-order valence-corrected chi connectivity index (χ0v) is 16.5. The van der Waals surface area contributed by atoms with E-state index in [0.717, 1.165) is 16.9 Å². The molecule has 3 rings (SSSR count). The molecule has 5 nitrogen and oxygen atoms in total. The van der Waals surface area contributed by atoms with E-state index >= 15 is 0 Å². The molecule has 5 heteroatoms. The Kier molecular flexibility index (Phi) is 5.31. The normalized spacial score (nSPS) is 18.6. The van der Waals surface area contributed by atoms with Gasteiger partial charge >= 0.3 is 0 Å². The summed E-state index contributed by atoms with van der Waals surface area (Å²) in [6.45, 7) is 7.84. The predicted molar refractivity (Wildman–Crippen MR) is 104 cm³/mol. The van der Waals surface area contributed by atoms with Crippen LogP contribution in [0.3, 0.4) is 0 Å². The van der Waals surface area contributed by atoms with Gasteiger partial charge in [0.1, 0.15) is 11.4 Å². The summed E-state index contributed by atoms with van der Waals surface area (Å²) in [5.41, 5.74) is 1.79. The summed E-state index contributed by atoms with van der Waals surface area (Å²) in [5, 5.41) is 3.13. The van der Waals surface area contributed by atoms with Gasteiger partial charge in [-0.05, 0) is 45.9 Å². The van der Waals surface area contributed by atoms with Crippen LogP contribution < -0.4 is 19.5 Å². The summed E-state index contributed by atoms with van der Waals surface area (Å²) in [4.78, 5) is 12.8. The van der Waals surface area contributed by atoms with E-state index in [1.54, 1.807) is 26.2 Å². The van der Waals surface area contributed by atoms with Gasteiger partial charge in [-0.25, -0.2) is 0 Å². The molecule has 0 saturated heterocycles. The summed E-state index contributed by atoms with van der Waals surface area (Å²) >= 11 is 0. The Morgan fingerprint density at radius 2 is 1.93 bits per heavy atom. The van der Waals surface area contributed by atoms with Crippen LogP contribution >= 0.6 is 0 Å². The summed E-state index contributed by atoms with van der Waals surface area (Å²) in [6.07, 6.45) is 0.0387. The fourth-order valence-electron chi connectivity index (χ4n) is 3.35. The number of methoxy groups -OCH3 is 1. The highest BCUT2D eigenvalue weighted by atomic mass is 16.5. The molecular weight excluding hydrogens is 342 g/mol. The van der Waals surface area contributed by atoms with E-state index in [1.165, 1.54) is 0 Å². The van der Waals surface area contributed by atoms with Crippen LogP contribution in [-0.2, 0) is 4.79 Å². The molecule has 27 heavy (non-hydrogen) atoms. The van der Waals surface area contributed by atoms with Crippen molar-refractivity contribution in [3.8, 4) is 17.2 Å². The number of aryl methyl sites for hydroxylation is 1. The van der Waals surface area contributed by atoms with Gasteiger partial charge in [-0.2, -0.15) is 0 Å². The molecule has 1 aliphatic rings. The topological polar surface area (TPSA) is 56.8 Å². The molecule has 1 heterocycles. The molecule has 1 aliphatic heterocycles. The van der Waals surface area contributed by atoms with E-state index in [0.29, 0.717) is 17.9 Å². The highest BCUT2D eigenvalue weighted by molar-refractivity contribution is 5.81. The number of nitrogens with one attached hydrogen (secondary N) is 1. The van der Waals surface area contributed by atoms with Crippen molar-refractivity contribution >= 4 is 5.91 Å². The lowest BCUT2D eigenvalue weighted by molar-refractivity contribution is -0.128. The molecule has 0 radical (unpaired) electrons. The maximum Gasteiger partial charge on any atom is 0.261 e. The first-order valence-corrected chi connectivity index (χ1v) is 9.19. The number of ether oxygens (including phenoxy) is 3. The Hall–Kier alpha value is -2.69. The summed E-state index contributed by atoms with van der Waals surface area (Å²) in [5.74, 6) is 1.80. The van der Waals surface area contributed by atoms with Crippen molar-refractivity contribution in [1.29, 1.82) is 0 Å². The van der Waals surface area contributed by atoms with E-state index < -0.39 is 6.10 Å². The fourth-order valence-corrected chi connectivity index (χ4v) is 3.35. The number of benzene rings is 2. The van der Waals surface area contributed by atoms with Gasteiger partial charge in [0.15, 0.2) is 17.6 Å². The van der Waals surface area contributed by atoms with Gasteiger partial charge < -0.3 is 19.5 Å². The second-order valence-corrected chi connectivity index (χ2v) is 7.58. The first-order chi connectivity index (χ1) is 12.8. The standard InChI is InChI=1S/C22H27NO4/c1-14-10-11-18-16(12-14)17(13-22(3,4)27-18)23-21(24)15(2)26-20-9-7-6-8-19(20)25-5/h6-12,15,17H,13H2,1-5H3,(H,23,24)/t15-,17+/m0/s1. The van der Waals surface area contributed by atoms with Crippen LogP contribution in [0.5, 0.6) is 17.2 Å².